The first-order valence-corrected chi connectivity index (χ1v) is 22.6. The molecule has 0 spiro atoms. The molecule has 4 heterocycles. The molecule has 4 rings (SSSR count). The van der Waals surface area contributed by atoms with Gasteiger partial charge in [0.25, 0.3) is 0 Å². The first-order valence-electron chi connectivity index (χ1n) is 22.6. The molecule has 0 aromatic carbocycles. The Labute approximate surface area is 365 Å². The van der Waals surface area contributed by atoms with E-state index in [2.05, 4.69) is 18.7 Å². The van der Waals surface area contributed by atoms with Crippen molar-refractivity contribution in [1.82, 2.24) is 9.80 Å². The van der Waals surface area contributed by atoms with Gasteiger partial charge in [-0.25, -0.2) is 0 Å². The van der Waals surface area contributed by atoms with Crippen LogP contribution in [0.1, 0.15) is 87.5 Å². The van der Waals surface area contributed by atoms with Gasteiger partial charge in [0.2, 0.25) is 0 Å². The van der Waals surface area contributed by atoms with E-state index in [1.807, 2.05) is 33.8 Å². The minimum atomic E-state index is -1.23. The standard InChI is InChI=1S/C46H80N2O13/c1-13-36-33(24-57-46-44(56-12)43(55-11)40(53)31(8)59-46)19-25(2)14-15-34(49)28(5)20-32(16-17-48-22-26(3)18-27(4)23-48)42(29(6)35(50)21-37(51)60-36)61-45-41(54)38(47(9)10)39(52)30(7)58-45/h14-15,19,26-33,35-36,38-46,50,52-54H,13,16-18,20-24H2,1-12H3/b15-14-,25-19-/t26?,27?,28-,29+,30-,31?,32+,33-,35-,36?,38+,39-,40-,41-,42-,43-,44-,45+,46-/m1/s1. The number of ether oxygens (including phenoxy) is 7. The van der Waals surface area contributed by atoms with Gasteiger partial charge in [-0.15, -0.1) is 0 Å². The number of cyclic esters (lactones) is 1. The van der Waals surface area contributed by atoms with E-state index in [9.17, 15) is 30.0 Å². The molecule has 61 heavy (non-hydrogen) atoms. The lowest BCUT2D eigenvalue weighted by Crippen LogP contribution is -2.63. The predicted molar refractivity (Wildman–Crippen MR) is 229 cm³/mol. The smallest absolute Gasteiger partial charge is 0.308 e. The van der Waals surface area contributed by atoms with Crippen LogP contribution in [0.2, 0.25) is 0 Å². The highest BCUT2D eigenvalue weighted by Crippen LogP contribution is 2.36. The Balaban J connectivity index is 1.68. The third kappa shape index (κ3) is 13.8. The number of aliphatic hydroxyl groups is 4. The second kappa shape index (κ2) is 23.9. The first kappa shape index (κ1) is 51.8. The van der Waals surface area contributed by atoms with Crippen molar-refractivity contribution in [2.24, 2.45) is 35.5 Å². The van der Waals surface area contributed by atoms with Gasteiger partial charge in [-0.2, -0.15) is 0 Å². The topological polar surface area (TPSA) is 186 Å². The van der Waals surface area contributed by atoms with Gasteiger partial charge in [0.15, 0.2) is 18.4 Å². The number of allylic oxidation sites excluding steroid dienone is 3. The van der Waals surface area contributed by atoms with Crippen molar-refractivity contribution in [1.29, 1.82) is 0 Å². The minimum absolute atomic E-state index is 0.0427. The summed E-state index contributed by atoms with van der Waals surface area (Å²) in [5.41, 5.74) is 0.761. The normalized spacial score (nSPS) is 44.3. The fourth-order valence-corrected chi connectivity index (χ4v) is 10.0. The Morgan fingerprint density at radius 3 is 2.05 bits per heavy atom. The molecule has 15 nitrogen and oxygen atoms in total. The summed E-state index contributed by atoms with van der Waals surface area (Å²) in [6.45, 7) is 18.2. The number of likely N-dealkylation sites (tertiary alicyclic amines) is 1. The zero-order chi connectivity index (χ0) is 45.3. The van der Waals surface area contributed by atoms with Crippen LogP contribution >= 0.6 is 0 Å². The molecule has 4 aliphatic heterocycles. The van der Waals surface area contributed by atoms with Crippen molar-refractivity contribution in [2.75, 3.05) is 54.6 Å². The molecule has 0 bridgehead atoms. The van der Waals surface area contributed by atoms with E-state index in [0.29, 0.717) is 31.1 Å². The molecule has 0 saturated carbocycles. The minimum Gasteiger partial charge on any atom is -0.462 e. The van der Waals surface area contributed by atoms with Gasteiger partial charge in [-0.3, -0.25) is 9.59 Å². The number of piperidine rings is 1. The number of carbonyl (C=O) groups excluding carboxylic acids is 2. The SMILES string of the molecule is CCC1OC(=O)C[C@@H](O)[C@H](C)[C@@H](O[C@@H]2O[C@H](C)[C@@H](O)[C@H](N(C)C)[C@H]2O)[C@@H](CCN2CC(C)CC(C)C2)C[C@@H](C)C(=O)/C=C\C(C)=C/[C@@H]1CO[C@@H]1OC(C)[C@@H](O)[C@@H](OC)[C@H]1OC. The van der Waals surface area contributed by atoms with E-state index in [1.165, 1.54) is 20.6 Å². The van der Waals surface area contributed by atoms with Crippen LogP contribution in [-0.2, 0) is 42.7 Å². The average molecular weight is 869 g/mol. The van der Waals surface area contributed by atoms with Crippen LogP contribution < -0.4 is 0 Å². The quantitative estimate of drug-likeness (QED) is 0.209. The number of methoxy groups -OCH3 is 2. The lowest BCUT2D eigenvalue weighted by molar-refractivity contribution is -0.304. The van der Waals surface area contributed by atoms with Gasteiger partial charge in [0, 0.05) is 45.1 Å². The molecule has 0 aromatic rings. The lowest BCUT2D eigenvalue weighted by Gasteiger charge is -2.47. The molecular formula is C46H80N2O13. The molecular weight excluding hydrogens is 789 g/mol. The Bertz CT molecular complexity index is 1420. The van der Waals surface area contributed by atoms with Crippen molar-refractivity contribution in [2.45, 2.75) is 167 Å². The van der Waals surface area contributed by atoms with Crippen LogP contribution in [-0.4, -0.2) is 176 Å². The molecule has 0 aliphatic carbocycles. The highest BCUT2D eigenvalue weighted by Gasteiger charge is 2.48. The molecule has 0 radical (unpaired) electrons. The summed E-state index contributed by atoms with van der Waals surface area (Å²) in [7, 11) is 6.54. The van der Waals surface area contributed by atoms with E-state index in [0.717, 1.165) is 25.2 Å². The zero-order valence-electron chi connectivity index (χ0n) is 38.9. The third-order valence-corrected chi connectivity index (χ3v) is 13.5. The Kier molecular flexibility index (Phi) is 20.3. The molecule has 15 heteroatoms. The van der Waals surface area contributed by atoms with E-state index in [4.69, 9.17) is 33.2 Å². The number of nitrogens with zero attached hydrogens (tertiary/aromatic N) is 2. The Morgan fingerprint density at radius 2 is 1.44 bits per heavy atom. The highest BCUT2D eigenvalue weighted by molar-refractivity contribution is 5.91. The fraction of sp³-hybridized carbons (Fsp3) is 0.870. The summed E-state index contributed by atoms with van der Waals surface area (Å²) in [5, 5.41) is 45.3. The number of hydrogen-bond donors (Lipinski definition) is 4. The maximum absolute atomic E-state index is 14.0. The number of hydrogen-bond acceptors (Lipinski definition) is 15. The summed E-state index contributed by atoms with van der Waals surface area (Å²) in [6.07, 6.45) is -2.96. The van der Waals surface area contributed by atoms with Gasteiger partial charge in [0.05, 0.1) is 49.6 Å². The second-order valence-electron chi connectivity index (χ2n) is 18.9. The monoisotopic (exact) mass is 869 g/mol. The molecule has 3 saturated heterocycles. The maximum Gasteiger partial charge on any atom is 0.308 e. The molecule has 0 aromatic heterocycles. The van der Waals surface area contributed by atoms with Gasteiger partial charge in [-0.1, -0.05) is 52.3 Å². The molecule has 0 amide bonds. The van der Waals surface area contributed by atoms with Gasteiger partial charge in [-0.05, 0) is 90.9 Å². The predicted octanol–water partition coefficient (Wildman–Crippen LogP) is 3.34. The summed E-state index contributed by atoms with van der Waals surface area (Å²) in [6, 6.07) is -0.684. The number of aliphatic hydroxyl groups excluding tert-OH is 4. The van der Waals surface area contributed by atoms with Crippen LogP contribution in [0.3, 0.4) is 0 Å². The number of esters is 1. The maximum atomic E-state index is 14.0. The van der Waals surface area contributed by atoms with Crippen LogP contribution in [0.4, 0.5) is 0 Å². The summed E-state index contributed by atoms with van der Waals surface area (Å²) in [4.78, 5) is 32.1. The molecule has 19 atom stereocenters. The number of carbonyl (C=O) groups is 2. The Morgan fingerprint density at radius 1 is 0.820 bits per heavy atom. The first-order chi connectivity index (χ1) is 28.8. The molecule has 4 N–H and O–H groups in total. The molecule has 4 unspecified atom stereocenters. The summed E-state index contributed by atoms with van der Waals surface area (Å²) >= 11 is 0. The van der Waals surface area contributed by atoms with Crippen LogP contribution in [0, 0.1) is 35.5 Å². The fourth-order valence-electron chi connectivity index (χ4n) is 10.0. The van der Waals surface area contributed by atoms with Crippen LogP contribution in [0.15, 0.2) is 23.8 Å². The summed E-state index contributed by atoms with van der Waals surface area (Å²) < 4.78 is 42.6. The van der Waals surface area contributed by atoms with E-state index >= 15 is 0 Å². The van der Waals surface area contributed by atoms with Crippen LogP contribution in [0.5, 0.6) is 0 Å². The van der Waals surface area contributed by atoms with E-state index in [-0.39, 0.29) is 24.7 Å². The zero-order valence-corrected chi connectivity index (χ0v) is 38.9. The average Bonchev–Trinajstić information content (AvgIpc) is 3.19. The molecule has 4 aliphatic rings. The van der Waals surface area contributed by atoms with Gasteiger partial charge >= 0.3 is 5.97 Å². The number of rotatable bonds is 12. The lowest BCUT2D eigenvalue weighted by atomic mass is 9.79. The number of likely N-dealkylation sites (N-methyl/N-ethyl adjacent to an activating group) is 1. The van der Waals surface area contributed by atoms with Crippen molar-refractivity contribution in [3.05, 3.63) is 23.8 Å². The van der Waals surface area contributed by atoms with Crippen molar-refractivity contribution >= 4 is 11.8 Å². The van der Waals surface area contributed by atoms with Crippen molar-refractivity contribution in [3.8, 4) is 0 Å². The molecule has 352 valence electrons. The van der Waals surface area contributed by atoms with Crippen molar-refractivity contribution < 1.29 is 63.2 Å². The van der Waals surface area contributed by atoms with Gasteiger partial charge < -0.3 is 63.4 Å². The van der Waals surface area contributed by atoms with E-state index in [1.54, 1.807) is 45.0 Å². The largest absolute Gasteiger partial charge is 0.462 e. The van der Waals surface area contributed by atoms with Crippen molar-refractivity contribution in [3.63, 3.8) is 0 Å². The number of ketones is 1. The Hall–Kier alpha value is -1.86. The van der Waals surface area contributed by atoms with Crippen LogP contribution in [0.25, 0.3) is 0 Å². The second-order valence-corrected chi connectivity index (χ2v) is 18.9. The molecule has 3 fully saturated rings. The third-order valence-electron chi connectivity index (χ3n) is 13.5. The highest BCUT2D eigenvalue weighted by atomic mass is 16.7. The summed E-state index contributed by atoms with van der Waals surface area (Å²) in [5.74, 6) is -1.46. The van der Waals surface area contributed by atoms with Gasteiger partial charge in [0.1, 0.15) is 30.5 Å². The van der Waals surface area contributed by atoms with E-state index < -0.39 is 103 Å².